The summed E-state index contributed by atoms with van der Waals surface area (Å²) in [6.07, 6.45) is 0. The fourth-order valence-electron chi connectivity index (χ4n) is 14.9. The summed E-state index contributed by atoms with van der Waals surface area (Å²) in [5, 5.41) is 16.3. The molecule has 16 rings (SSSR count). The Bertz CT molecular complexity index is 5890. The predicted molar refractivity (Wildman–Crippen MR) is 381 cm³/mol. The molecule has 92 heavy (non-hydrogen) atoms. The first kappa shape index (κ1) is 56.9. The average molecular weight is 1190 g/mol. The largest absolute Gasteiger partial charge is 0.268 e. The molecule has 0 aliphatic rings. The Labute approximate surface area is 532 Å². The van der Waals surface area contributed by atoms with Crippen LogP contribution in [-0.2, 0) is 0 Å². The minimum atomic E-state index is -0.132. The van der Waals surface area contributed by atoms with E-state index in [9.17, 15) is 14.9 Å². The van der Waals surface area contributed by atoms with Crippen LogP contribution in [0, 0.1) is 87.1 Å². The highest BCUT2D eigenvalue weighted by Gasteiger charge is 2.27. The van der Waals surface area contributed by atoms with Gasteiger partial charge in [0, 0.05) is 43.4 Å². The lowest BCUT2D eigenvalue weighted by Crippen LogP contribution is -2.14. The number of aryl methyl sites for hydroxylation is 10. The van der Waals surface area contributed by atoms with Crippen molar-refractivity contribution in [1.29, 1.82) is 5.26 Å². The highest BCUT2D eigenvalue weighted by Crippen LogP contribution is 2.46. The number of fused-ring (bicyclic) bond motifs is 8. The van der Waals surface area contributed by atoms with Crippen LogP contribution in [0.25, 0.3) is 148 Å². The van der Waals surface area contributed by atoms with Crippen molar-refractivity contribution in [3.8, 4) is 72.8 Å². The van der Waals surface area contributed by atoms with Gasteiger partial charge in [0.25, 0.3) is 11.1 Å². The van der Waals surface area contributed by atoms with Gasteiger partial charge < -0.3 is 0 Å². The van der Waals surface area contributed by atoms with Gasteiger partial charge >= 0.3 is 0 Å². The maximum atomic E-state index is 14.7. The van der Waals surface area contributed by atoms with Gasteiger partial charge in [-0.1, -0.05) is 163 Å². The third-order valence-electron chi connectivity index (χ3n) is 19.2. The van der Waals surface area contributed by atoms with Crippen molar-refractivity contribution < 1.29 is 0 Å². The van der Waals surface area contributed by atoms with Crippen molar-refractivity contribution in [2.45, 2.75) is 69.2 Å². The molecule has 0 aliphatic carbocycles. The molecule has 12 aromatic carbocycles. The summed E-state index contributed by atoms with van der Waals surface area (Å²) < 4.78 is 3.60. The molecular formula is C84H62N6O2. The van der Waals surface area contributed by atoms with E-state index in [1.807, 2.05) is 30.3 Å². The fourth-order valence-corrected chi connectivity index (χ4v) is 14.9. The minimum Gasteiger partial charge on any atom is -0.268 e. The second kappa shape index (κ2) is 21.6. The Morgan fingerprint density at radius 1 is 0.391 bits per heavy atom. The first-order valence-electron chi connectivity index (χ1n) is 31.1. The second-order valence-corrected chi connectivity index (χ2v) is 25.1. The molecule has 0 radical (unpaired) electrons. The molecule has 8 heteroatoms. The standard InChI is InChI=1S/2C42H31N3O/c1-23-13-15-28(16-14-23)30-17-18-31-38-32(19-20-34(43-6)39(30)38)42(46)45-35-22-29(36-24(2)9-7-10-25(36)3)21-33(40(35)44-41(31)45)37-26(4)11-8-12-27(37)5;1-23-12-14-28(15-13-23)31-18-19-33-39-32(17-16-29(22-43)38(31)39)41-44-35-21-30(36-24(2)8-6-9-25(36)3)20-34(40(35)45(41)42(33)46)37-26(4)10-7-11-27(37)5/h7-22H,1-5H3;6-21H,1-5H3. The number of imidazole rings is 2. The zero-order valence-corrected chi connectivity index (χ0v) is 53.0. The lowest BCUT2D eigenvalue weighted by Gasteiger charge is -2.16. The first-order valence-corrected chi connectivity index (χ1v) is 31.1. The summed E-state index contributed by atoms with van der Waals surface area (Å²) in [4.78, 5) is 43.8. The molecular weight excluding hydrogens is 1120 g/mol. The maximum Gasteiger partial charge on any atom is 0.264 e. The third-order valence-corrected chi connectivity index (χ3v) is 19.2. The van der Waals surface area contributed by atoms with Crippen LogP contribution in [-0.4, -0.2) is 18.8 Å². The Morgan fingerprint density at radius 2 is 0.815 bits per heavy atom. The molecule has 4 aromatic heterocycles. The zero-order chi connectivity index (χ0) is 63.7. The Balaban J connectivity index is 0.000000153. The molecule has 4 heterocycles. The normalized spacial score (nSPS) is 11.7. The summed E-state index contributed by atoms with van der Waals surface area (Å²) in [6.45, 7) is 29.2. The first-order chi connectivity index (χ1) is 44.5. The fraction of sp³-hybridized carbons (Fsp3) is 0.119. The molecule has 16 aromatic rings. The van der Waals surface area contributed by atoms with Crippen molar-refractivity contribution in [3.63, 3.8) is 0 Å². The Kier molecular flexibility index (Phi) is 13.3. The van der Waals surface area contributed by atoms with E-state index >= 15 is 0 Å². The molecule has 0 amide bonds. The molecule has 8 nitrogen and oxygen atoms in total. The summed E-state index contributed by atoms with van der Waals surface area (Å²) >= 11 is 0. The van der Waals surface area contributed by atoms with Gasteiger partial charge in [-0.2, -0.15) is 5.26 Å². The van der Waals surface area contributed by atoms with Gasteiger partial charge in [0.2, 0.25) is 0 Å². The highest BCUT2D eigenvalue weighted by atomic mass is 16.1. The number of nitriles is 1. The van der Waals surface area contributed by atoms with Gasteiger partial charge in [-0.25, -0.2) is 14.8 Å². The van der Waals surface area contributed by atoms with E-state index in [1.165, 1.54) is 38.9 Å². The monoisotopic (exact) mass is 1190 g/mol. The summed E-state index contributed by atoms with van der Waals surface area (Å²) in [6, 6.07) is 68.7. The quantitative estimate of drug-likeness (QED) is 0.155. The molecule has 0 saturated heterocycles. The topological polar surface area (TPSA) is 96.9 Å². The molecule has 0 atom stereocenters. The second-order valence-electron chi connectivity index (χ2n) is 25.1. The molecule has 0 saturated carbocycles. The van der Waals surface area contributed by atoms with Gasteiger partial charge in [0.1, 0.15) is 11.3 Å². The summed E-state index contributed by atoms with van der Waals surface area (Å²) in [5.74, 6) is 0. The lowest BCUT2D eigenvalue weighted by molar-refractivity contribution is 1.19. The Morgan fingerprint density at radius 3 is 1.34 bits per heavy atom. The molecule has 0 bridgehead atoms. The SMILES string of the molecule is Cc1ccc(-c2ccc3c(=O)n4c(nc5cc(-c6c(C)cccc6C)cc(-c6c(C)cccc6C)c54)c4ccc(C#N)c2c34)cc1.[C-]#[N+]c1ccc2c(=O)n3c4cc(-c5c(C)cccc5C)cc(-c5c(C)cccc5C)c4nc3c3ccc(-c4ccc(C)cc4)c1c23. The van der Waals surface area contributed by atoms with Crippen LogP contribution in [0.1, 0.15) is 61.2 Å². The molecule has 0 unspecified atom stereocenters. The number of hydrogen-bond acceptors (Lipinski definition) is 5. The number of hydrogen-bond donors (Lipinski definition) is 0. The van der Waals surface area contributed by atoms with Crippen molar-refractivity contribution in [2.75, 3.05) is 0 Å². The van der Waals surface area contributed by atoms with Crippen LogP contribution in [0.3, 0.4) is 0 Å². The molecule has 0 N–H and O–H groups in total. The van der Waals surface area contributed by atoms with Crippen LogP contribution in [0.15, 0.2) is 204 Å². The lowest BCUT2D eigenvalue weighted by atomic mass is 9.89. The molecule has 440 valence electrons. The van der Waals surface area contributed by atoms with E-state index in [0.29, 0.717) is 33.3 Å². The van der Waals surface area contributed by atoms with E-state index < -0.39 is 0 Å². The van der Waals surface area contributed by atoms with Gasteiger partial charge in [-0.15, -0.1) is 0 Å². The zero-order valence-electron chi connectivity index (χ0n) is 53.0. The van der Waals surface area contributed by atoms with Crippen molar-refractivity contribution in [3.05, 3.63) is 287 Å². The predicted octanol–water partition coefficient (Wildman–Crippen LogP) is 20.7. The van der Waals surface area contributed by atoms with Gasteiger partial charge in [-0.3, -0.25) is 18.4 Å². The van der Waals surface area contributed by atoms with Crippen LogP contribution >= 0.6 is 0 Å². The molecule has 0 fully saturated rings. The maximum absolute atomic E-state index is 14.7. The van der Waals surface area contributed by atoms with E-state index in [1.54, 1.807) is 14.9 Å². The van der Waals surface area contributed by atoms with E-state index in [4.69, 9.17) is 16.5 Å². The van der Waals surface area contributed by atoms with Crippen LogP contribution in [0.5, 0.6) is 0 Å². The van der Waals surface area contributed by atoms with Crippen molar-refractivity contribution in [2.24, 2.45) is 0 Å². The summed E-state index contributed by atoms with van der Waals surface area (Å²) in [7, 11) is 0. The van der Waals surface area contributed by atoms with Gasteiger partial charge in [0.05, 0.1) is 40.3 Å². The number of nitrogens with zero attached hydrogens (tertiary/aromatic N) is 6. The minimum absolute atomic E-state index is 0.126. The van der Waals surface area contributed by atoms with Crippen molar-refractivity contribution in [1.82, 2.24) is 18.8 Å². The van der Waals surface area contributed by atoms with E-state index in [2.05, 4.69) is 238 Å². The average Bonchev–Trinajstić information content (AvgIpc) is 1.46. The van der Waals surface area contributed by atoms with Crippen molar-refractivity contribution >= 4 is 82.1 Å². The van der Waals surface area contributed by atoms with Gasteiger partial charge in [-0.05, 0) is 223 Å². The number of rotatable bonds is 6. The molecule has 0 spiro atoms. The Hall–Kier alpha value is -11.6. The van der Waals surface area contributed by atoms with Gasteiger partial charge in [0.15, 0.2) is 5.69 Å². The number of aromatic nitrogens is 4. The highest BCUT2D eigenvalue weighted by molar-refractivity contribution is 6.24. The summed E-state index contributed by atoms with van der Waals surface area (Å²) in [5.41, 5.74) is 29.5. The van der Waals surface area contributed by atoms with Crippen LogP contribution in [0.4, 0.5) is 5.69 Å². The third kappa shape index (κ3) is 8.70. The number of pyridine rings is 2. The molecule has 0 aliphatic heterocycles. The van der Waals surface area contributed by atoms with E-state index in [0.717, 1.165) is 138 Å². The van der Waals surface area contributed by atoms with E-state index in [-0.39, 0.29) is 11.1 Å². The number of benzene rings is 12. The smallest absolute Gasteiger partial charge is 0.264 e. The van der Waals surface area contributed by atoms with Crippen LogP contribution < -0.4 is 11.1 Å². The van der Waals surface area contributed by atoms with Crippen LogP contribution in [0.2, 0.25) is 0 Å².